The molecule has 0 aliphatic carbocycles. The number of hydrogen-bond donors (Lipinski definition) is 0. The molecule has 3 nitrogen and oxygen atoms in total. The molecular weight excluding hydrogens is 348 g/mol. The predicted octanol–water partition coefficient (Wildman–Crippen LogP) is 4.37. The van der Waals surface area contributed by atoms with Crippen molar-refractivity contribution in [3.05, 3.63) is 0 Å². The molecule has 0 saturated heterocycles. The molecule has 0 fully saturated rings. The van der Waals surface area contributed by atoms with E-state index in [4.69, 9.17) is 12.3 Å². The summed E-state index contributed by atoms with van der Waals surface area (Å²) in [5, 5.41) is 0. The predicted molar refractivity (Wildman–Crippen MR) is 88.0 cm³/mol. The summed E-state index contributed by atoms with van der Waals surface area (Å²) in [6, 6.07) is 0. The van der Waals surface area contributed by atoms with E-state index in [2.05, 4.69) is 74.2 Å². The van der Waals surface area contributed by atoms with Crippen molar-refractivity contribution in [1.82, 2.24) is 0 Å². The minimum Gasteiger partial charge on any atom is -0.437 e. The Morgan fingerprint density at radius 1 is 0.588 bits per heavy atom. The van der Waals surface area contributed by atoms with Gasteiger partial charge in [-0.25, -0.2) is 0 Å². The third-order valence-electron chi connectivity index (χ3n) is 1.53. The molecule has 0 spiro atoms. The first-order valence-electron chi connectivity index (χ1n) is 5.91. The lowest BCUT2D eigenvalue weighted by molar-refractivity contribution is 0.334. The van der Waals surface area contributed by atoms with E-state index in [0.717, 1.165) is 0 Å². The van der Waals surface area contributed by atoms with Crippen LogP contribution in [0.15, 0.2) is 0 Å². The molecular formula is C9H27BrO3Si4. The molecule has 0 saturated carbocycles. The number of halogens is 1. The van der Waals surface area contributed by atoms with E-state index in [0.29, 0.717) is 0 Å². The van der Waals surface area contributed by atoms with Crippen molar-refractivity contribution < 1.29 is 12.3 Å². The van der Waals surface area contributed by atoms with Gasteiger partial charge in [0, 0.05) is 0 Å². The summed E-state index contributed by atoms with van der Waals surface area (Å²) in [4.78, 5) is 0. The monoisotopic (exact) mass is 374 g/mol. The highest BCUT2D eigenvalue weighted by molar-refractivity contribution is 9.25. The zero-order valence-corrected chi connectivity index (χ0v) is 18.2. The first kappa shape index (κ1) is 18.2. The van der Waals surface area contributed by atoms with Crippen LogP contribution in [0.4, 0.5) is 0 Å². The third-order valence-corrected chi connectivity index (χ3v) is 15.2. The molecule has 0 bridgehead atoms. The highest BCUT2D eigenvalue weighted by Gasteiger charge is 2.41. The van der Waals surface area contributed by atoms with Crippen molar-refractivity contribution in [3.63, 3.8) is 0 Å². The maximum atomic E-state index is 6.25. The van der Waals surface area contributed by atoms with Gasteiger partial charge < -0.3 is 12.3 Å². The van der Waals surface area contributed by atoms with Crippen LogP contribution in [-0.2, 0) is 12.3 Å². The molecule has 0 aromatic carbocycles. The molecule has 0 atom stereocenters. The highest BCUT2D eigenvalue weighted by atomic mass is 79.9. The Kier molecular flexibility index (Phi) is 6.10. The Balaban J connectivity index is 4.59. The molecule has 0 unspecified atom stereocenters. The molecule has 17 heavy (non-hydrogen) atoms. The second kappa shape index (κ2) is 5.69. The smallest absolute Gasteiger partial charge is 0.313 e. The summed E-state index contributed by atoms with van der Waals surface area (Å²) in [5.74, 6) is 0. The zero-order chi connectivity index (χ0) is 14.1. The summed E-state index contributed by atoms with van der Waals surface area (Å²) in [5.41, 5.74) is 0. The van der Waals surface area contributed by atoms with E-state index in [-0.39, 0.29) is 0 Å². The van der Waals surface area contributed by atoms with Gasteiger partial charge in [-0.2, -0.15) is 0 Å². The van der Waals surface area contributed by atoms with E-state index in [1.807, 2.05) is 0 Å². The van der Waals surface area contributed by atoms with Crippen LogP contribution in [0, 0.1) is 0 Å². The molecule has 0 aliphatic rings. The first-order valence-corrected chi connectivity index (χ1v) is 20.1. The van der Waals surface area contributed by atoms with Gasteiger partial charge in [0.15, 0.2) is 8.32 Å². The molecule has 0 N–H and O–H groups in total. The minimum absolute atomic E-state index is 1.55. The third kappa shape index (κ3) is 10.8. The van der Waals surface area contributed by atoms with Crippen LogP contribution in [0.1, 0.15) is 0 Å². The van der Waals surface area contributed by atoms with Crippen LogP contribution in [0.3, 0.4) is 0 Å². The second-order valence-corrected chi connectivity index (χ2v) is 27.3. The average molecular weight is 376 g/mol. The molecule has 104 valence electrons. The standard InChI is InChI=1S/C9H27BrO3Si4/c1-14(2,3)11-16(6,7)13-17(8,9)12-15(4,5)10/h1-9H3. The first-order chi connectivity index (χ1) is 7.12. The number of rotatable bonds is 6. The fraction of sp³-hybridized carbons (Fsp3) is 1.00. The van der Waals surface area contributed by atoms with E-state index in [9.17, 15) is 0 Å². The molecule has 0 amide bonds. The fourth-order valence-electron chi connectivity index (χ4n) is 1.96. The summed E-state index contributed by atoms with van der Waals surface area (Å²) in [6.45, 7) is 17.6. The van der Waals surface area contributed by atoms with Crippen molar-refractivity contribution >= 4 is 47.7 Å². The normalized spacial score (nSPS) is 15.2. The lowest BCUT2D eigenvalue weighted by atomic mass is 11.8. The summed E-state index contributed by atoms with van der Waals surface area (Å²) in [6.07, 6.45) is 0. The summed E-state index contributed by atoms with van der Waals surface area (Å²) in [7, 11) is -5.72. The quantitative estimate of drug-likeness (QED) is 0.510. The van der Waals surface area contributed by atoms with Gasteiger partial charge in [-0.05, 0) is 58.9 Å². The molecule has 0 radical (unpaired) electrons. The van der Waals surface area contributed by atoms with Gasteiger partial charge in [-0.15, -0.1) is 0 Å². The largest absolute Gasteiger partial charge is 0.437 e. The van der Waals surface area contributed by atoms with Gasteiger partial charge in [0.05, 0.1) is 0 Å². The maximum absolute atomic E-state index is 6.25. The Bertz CT molecular complexity index is 232. The van der Waals surface area contributed by atoms with Crippen molar-refractivity contribution in [1.29, 1.82) is 0 Å². The SMILES string of the molecule is C[Si](C)(C)O[Si](C)(C)O[Si](C)(C)O[Si](C)(C)Br. The second-order valence-electron chi connectivity index (χ2n) is 6.58. The fourth-order valence-corrected chi connectivity index (χ4v) is 21.9. The Morgan fingerprint density at radius 3 is 1.24 bits per heavy atom. The lowest BCUT2D eigenvalue weighted by Crippen LogP contribution is -2.54. The zero-order valence-electron chi connectivity index (χ0n) is 12.6. The van der Waals surface area contributed by atoms with E-state index in [1.54, 1.807) is 0 Å². The van der Waals surface area contributed by atoms with Crippen molar-refractivity contribution in [2.75, 3.05) is 0 Å². The van der Waals surface area contributed by atoms with Crippen molar-refractivity contribution in [2.24, 2.45) is 0 Å². The van der Waals surface area contributed by atoms with Crippen LogP contribution in [0.2, 0.25) is 58.9 Å². The molecule has 0 rings (SSSR count). The van der Waals surface area contributed by atoms with E-state index >= 15 is 0 Å². The number of hydrogen-bond acceptors (Lipinski definition) is 3. The van der Waals surface area contributed by atoms with E-state index in [1.165, 1.54) is 0 Å². The Labute approximate surface area is 119 Å². The van der Waals surface area contributed by atoms with Crippen LogP contribution >= 0.6 is 15.3 Å². The van der Waals surface area contributed by atoms with Crippen LogP contribution < -0.4 is 0 Å². The molecule has 8 heteroatoms. The van der Waals surface area contributed by atoms with E-state index < -0.39 is 32.4 Å². The van der Waals surface area contributed by atoms with Gasteiger partial charge in [-0.3, -0.25) is 0 Å². The Morgan fingerprint density at radius 2 is 0.941 bits per heavy atom. The molecule has 0 aliphatic heterocycles. The van der Waals surface area contributed by atoms with Crippen LogP contribution in [0.25, 0.3) is 0 Å². The molecule has 0 aromatic heterocycles. The van der Waals surface area contributed by atoms with Crippen molar-refractivity contribution in [2.45, 2.75) is 58.9 Å². The highest BCUT2D eigenvalue weighted by Crippen LogP contribution is 2.25. The van der Waals surface area contributed by atoms with Gasteiger partial charge in [0.1, 0.15) is 0 Å². The van der Waals surface area contributed by atoms with Crippen LogP contribution in [-0.4, -0.2) is 32.4 Å². The molecule has 0 heterocycles. The average Bonchev–Trinajstić information content (AvgIpc) is 1.65. The Hall–Kier alpha value is 1.23. The lowest BCUT2D eigenvalue weighted by Gasteiger charge is -2.38. The van der Waals surface area contributed by atoms with Gasteiger partial charge in [0.25, 0.3) is 0 Å². The molecule has 0 aromatic rings. The van der Waals surface area contributed by atoms with Gasteiger partial charge in [0.2, 0.25) is 6.94 Å². The maximum Gasteiger partial charge on any atom is 0.313 e. The van der Waals surface area contributed by atoms with Gasteiger partial charge >= 0.3 is 17.1 Å². The summed E-state index contributed by atoms with van der Waals surface area (Å²) < 4.78 is 18.6. The topological polar surface area (TPSA) is 27.7 Å². The van der Waals surface area contributed by atoms with Crippen LogP contribution in [0.5, 0.6) is 0 Å². The van der Waals surface area contributed by atoms with Crippen molar-refractivity contribution in [3.8, 4) is 0 Å². The minimum atomic E-state index is -2.10. The summed E-state index contributed by atoms with van der Waals surface area (Å²) >= 11 is 3.64. The van der Waals surface area contributed by atoms with Gasteiger partial charge in [-0.1, -0.05) is 15.3 Å².